The molecule has 0 saturated carbocycles. The summed E-state index contributed by atoms with van der Waals surface area (Å²) in [6.07, 6.45) is -0.0462. The first-order valence-corrected chi connectivity index (χ1v) is 6.54. The highest BCUT2D eigenvalue weighted by atomic mass is 16.6. The molecule has 1 aromatic carbocycles. The summed E-state index contributed by atoms with van der Waals surface area (Å²) >= 11 is 0. The average Bonchev–Trinajstić information content (AvgIpc) is 2.44. The SMILES string of the molecule is C[C@@H](CC#N)[C@@H](NC(=O)Cc1cccc([N+](=O)[O-])c1)C(N)=O. The van der Waals surface area contributed by atoms with E-state index in [1.165, 1.54) is 18.2 Å². The smallest absolute Gasteiger partial charge is 0.269 e. The average molecular weight is 304 g/mol. The Bertz CT molecular complexity index is 624. The van der Waals surface area contributed by atoms with Gasteiger partial charge < -0.3 is 11.1 Å². The zero-order valence-electron chi connectivity index (χ0n) is 12.0. The summed E-state index contributed by atoms with van der Waals surface area (Å²) in [4.78, 5) is 33.4. The Hall–Kier alpha value is -2.95. The first-order valence-electron chi connectivity index (χ1n) is 6.54. The van der Waals surface area contributed by atoms with Crippen molar-refractivity contribution in [3.05, 3.63) is 39.9 Å². The second kappa shape index (κ2) is 7.73. The molecule has 0 unspecified atom stereocenters. The summed E-state index contributed by atoms with van der Waals surface area (Å²) in [6.45, 7) is 1.63. The Morgan fingerprint density at radius 2 is 2.18 bits per heavy atom. The molecule has 0 aliphatic carbocycles. The third-order valence-corrected chi connectivity index (χ3v) is 3.09. The van der Waals surface area contributed by atoms with Gasteiger partial charge in [-0.15, -0.1) is 0 Å². The van der Waals surface area contributed by atoms with Crippen LogP contribution in [-0.2, 0) is 16.0 Å². The van der Waals surface area contributed by atoms with Crippen LogP contribution in [0.15, 0.2) is 24.3 Å². The second-order valence-electron chi connectivity index (χ2n) is 4.89. The van der Waals surface area contributed by atoms with E-state index in [-0.39, 0.29) is 18.5 Å². The van der Waals surface area contributed by atoms with Crippen molar-refractivity contribution in [1.82, 2.24) is 5.32 Å². The van der Waals surface area contributed by atoms with Crippen LogP contribution in [0.25, 0.3) is 0 Å². The first-order chi connectivity index (χ1) is 10.3. The molecule has 1 aromatic rings. The van der Waals surface area contributed by atoms with E-state index in [2.05, 4.69) is 5.32 Å². The van der Waals surface area contributed by atoms with Crippen molar-refractivity contribution in [1.29, 1.82) is 5.26 Å². The number of benzene rings is 1. The zero-order valence-corrected chi connectivity index (χ0v) is 12.0. The fourth-order valence-electron chi connectivity index (χ4n) is 1.95. The summed E-state index contributed by atoms with van der Waals surface area (Å²) in [5.74, 6) is -1.64. The number of non-ortho nitro benzene ring substituents is 1. The number of primary amides is 1. The van der Waals surface area contributed by atoms with Gasteiger partial charge in [-0.05, 0) is 11.5 Å². The molecule has 0 aliphatic rings. The van der Waals surface area contributed by atoms with Crippen molar-refractivity contribution in [2.45, 2.75) is 25.8 Å². The molecule has 2 atom stereocenters. The van der Waals surface area contributed by atoms with Crippen LogP contribution in [-0.4, -0.2) is 22.8 Å². The molecule has 22 heavy (non-hydrogen) atoms. The van der Waals surface area contributed by atoms with Crippen LogP contribution >= 0.6 is 0 Å². The quantitative estimate of drug-likeness (QED) is 0.562. The molecule has 0 bridgehead atoms. The van der Waals surface area contributed by atoms with E-state index in [0.29, 0.717) is 5.56 Å². The monoisotopic (exact) mass is 304 g/mol. The molecular formula is C14H16N4O4. The second-order valence-corrected chi connectivity index (χ2v) is 4.89. The van der Waals surface area contributed by atoms with Crippen molar-refractivity contribution in [3.63, 3.8) is 0 Å². The van der Waals surface area contributed by atoms with Gasteiger partial charge >= 0.3 is 0 Å². The van der Waals surface area contributed by atoms with Gasteiger partial charge in [0.1, 0.15) is 6.04 Å². The van der Waals surface area contributed by atoms with Gasteiger partial charge in [0.25, 0.3) is 5.69 Å². The number of nitro benzene ring substituents is 1. The van der Waals surface area contributed by atoms with Crippen molar-refractivity contribution >= 4 is 17.5 Å². The Labute approximate surface area is 127 Å². The summed E-state index contributed by atoms with van der Waals surface area (Å²) in [7, 11) is 0. The molecule has 0 heterocycles. The Morgan fingerprint density at radius 1 is 1.50 bits per heavy atom. The normalized spacial score (nSPS) is 12.7. The lowest BCUT2D eigenvalue weighted by Crippen LogP contribution is -2.48. The maximum atomic E-state index is 11.9. The molecule has 0 aliphatic heterocycles. The van der Waals surface area contributed by atoms with Crippen LogP contribution in [0.1, 0.15) is 18.9 Å². The number of carbonyl (C=O) groups excluding carboxylic acids is 2. The third-order valence-electron chi connectivity index (χ3n) is 3.09. The Balaban J connectivity index is 2.76. The molecule has 0 saturated heterocycles. The van der Waals surface area contributed by atoms with E-state index in [1.54, 1.807) is 13.0 Å². The minimum Gasteiger partial charge on any atom is -0.368 e. The molecule has 2 amide bonds. The Kier molecular flexibility index (Phi) is 6.01. The van der Waals surface area contributed by atoms with Crippen LogP contribution < -0.4 is 11.1 Å². The fraction of sp³-hybridized carbons (Fsp3) is 0.357. The van der Waals surface area contributed by atoms with Gasteiger partial charge in [0, 0.05) is 18.6 Å². The molecule has 0 aromatic heterocycles. The molecular weight excluding hydrogens is 288 g/mol. The lowest BCUT2D eigenvalue weighted by Gasteiger charge is -2.20. The zero-order chi connectivity index (χ0) is 16.7. The van der Waals surface area contributed by atoms with Crippen molar-refractivity contribution in [2.75, 3.05) is 0 Å². The number of rotatable bonds is 7. The molecule has 0 radical (unpaired) electrons. The molecule has 0 fully saturated rings. The summed E-state index contributed by atoms with van der Waals surface area (Å²) in [5.41, 5.74) is 5.55. The van der Waals surface area contributed by atoms with E-state index >= 15 is 0 Å². The highest BCUT2D eigenvalue weighted by Gasteiger charge is 2.24. The van der Waals surface area contributed by atoms with E-state index in [9.17, 15) is 19.7 Å². The van der Waals surface area contributed by atoms with Crippen LogP contribution in [0.2, 0.25) is 0 Å². The number of amides is 2. The van der Waals surface area contributed by atoms with Gasteiger partial charge in [-0.1, -0.05) is 19.1 Å². The number of nitrogens with zero attached hydrogens (tertiary/aromatic N) is 2. The van der Waals surface area contributed by atoms with Crippen LogP contribution in [0.3, 0.4) is 0 Å². The molecule has 3 N–H and O–H groups in total. The minimum absolute atomic E-state index is 0.0741. The topological polar surface area (TPSA) is 139 Å². The fourth-order valence-corrected chi connectivity index (χ4v) is 1.95. The Morgan fingerprint density at radius 3 is 2.73 bits per heavy atom. The molecule has 8 heteroatoms. The van der Waals surface area contributed by atoms with E-state index in [4.69, 9.17) is 11.0 Å². The summed E-state index contributed by atoms with van der Waals surface area (Å²) in [6, 6.07) is 6.62. The highest BCUT2D eigenvalue weighted by Crippen LogP contribution is 2.14. The number of hydrogen-bond donors (Lipinski definition) is 2. The number of nitro groups is 1. The lowest BCUT2D eigenvalue weighted by atomic mass is 9.98. The standard InChI is InChI=1S/C14H16N4O4/c1-9(5-6-15)13(14(16)20)17-12(19)8-10-3-2-4-11(7-10)18(21)22/h2-4,7,9,13H,5,8H2,1H3,(H2,16,20)(H,17,19)/t9-,13+/m0/s1. The van der Waals surface area contributed by atoms with Crippen LogP contribution in [0.4, 0.5) is 5.69 Å². The number of nitriles is 1. The molecule has 8 nitrogen and oxygen atoms in total. The maximum absolute atomic E-state index is 11.9. The van der Waals surface area contributed by atoms with Crippen LogP contribution in [0.5, 0.6) is 0 Å². The molecule has 0 spiro atoms. The largest absolute Gasteiger partial charge is 0.368 e. The van der Waals surface area contributed by atoms with Gasteiger partial charge in [-0.3, -0.25) is 19.7 Å². The number of nitrogens with one attached hydrogen (secondary N) is 1. The van der Waals surface area contributed by atoms with E-state index < -0.39 is 28.7 Å². The molecule has 1 rings (SSSR count). The number of hydrogen-bond acceptors (Lipinski definition) is 5. The van der Waals surface area contributed by atoms with Gasteiger partial charge in [0.15, 0.2) is 0 Å². The first kappa shape index (κ1) is 17.1. The van der Waals surface area contributed by atoms with Gasteiger partial charge in [-0.2, -0.15) is 5.26 Å². The van der Waals surface area contributed by atoms with Crippen molar-refractivity contribution in [3.8, 4) is 6.07 Å². The summed E-state index contributed by atoms with van der Waals surface area (Å²) < 4.78 is 0. The number of nitrogens with two attached hydrogens (primary N) is 1. The van der Waals surface area contributed by atoms with Gasteiger partial charge in [-0.25, -0.2) is 0 Å². The van der Waals surface area contributed by atoms with Crippen LogP contribution in [0, 0.1) is 27.4 Å². The summed E-state index contributed by atoms with van der Waals surface area (Å²) in [5, 5.41) is 21.8. The minimum atomic E-state index is -0.953. The van der Waals surface area contributed by atoms with E-state index in [0.717, 1.165) is 0 Å². The highest BCUT2D eigenvalue weighted by molar-refractivity contribution is 5.87. The predicted molar refractivity (Wildman–Crippen MR) is 77.3 cm³/mol. The van der Waals surface area contributed by atoms with Gasteiger partial charge in [0.2, 0.25) is 11.8 Å². The van der Waals surface area contributed by atoms with Crippen molar-refractivity contribution < 1.29 is 14.5 Å². The lowest BCUT2D eigenvalue weighted by molar-refractivity contribution is -0.384. The maximum Gasteiger partial charge on any atom is 0.269 e. The van der Waals surface area contributed by atoms with Gasteiger partial charge in [0.05, 0.1) is 17.4 Å². The van der Waals surface area contributed by atoms with E-state index in [1.807, 2.05) is 6.07 Å². The molecule has 116 valence electrons. The third kappa shape index (κ3) is 4.86. The predicted octanol–water partition coefficient (Wildman–Crippen LogP) is 0.657. The number of carbonyl (C=O) groups is 2. The van der Waals surface area contributed by atoms with Crippen molar-refractivity contribution in [2.24, 2.45) is 11.7 Å².